The van der Waals surface area contributed by atoms with Gasteiger partial charge >= 0.3 is 5.97 Å². The molecule has 0 atom stereocenters. The fourth-order valence-electron chi connectivity index (χ4n) is 2.50. The number of hydrogen-bond acceptors (Lipinski definition) is 4. The number of hydrogen-bond donors (Lipinski definition) is 0. The summed E-state index contributed by atoms with van der Waals surface area (Å²) in [6.07, 6.45) is 0. The summed E-state index contributed by atoms with van der Waals surface area (Å²) in [4.78, 5) is 16.4. The van der Waals surface area contributed by atoms with Gasteiger partial charge < -0.3 is 4.74 Å². The summed E-state index contributed by atoms with van der Waals surface area (Å²) in [6.45, 7) is 4.31. The molecule has 0 spiro atoms. The summed E-state index contributed by atoms with van der Waals surface area (Å²) in [5.74, 6) is 0.539. The van der Waals surface area contributed by atoms with Gasteiger partial charge in [-0.1, -0.05) is 30.3 Å². The Balaban J connectivity index is 1.70. The predicted octanol–water partition coefficient (Wildman–Crippen LogP) is 5.01. The Morgan fingerprint density at radius 3 is 2.62 bits per heavy atom. The number of pyridine rings is 1. The largest absolute Gasteiger partial charge is 0.462 e. The van der Waals surface area contributed by atoms with E-state index in [2.05, 4.69) is 19.1 Å². The zero-order chi connectivity index (χ0) is 16.9. The third kappa shape index (κ3) is 3.77. The Morgan fingerprint density at radius 1 is 1.12 bits per heavy atom. The maximum atomic E-state index is 11.7. The van der Waals surface area contributed by atoms with Gasteiger partial charge in [0.25, 0.3) is 0 Å². The molecule has 24 heavy (non-hydrogen) atoms. The van der Waals surface area contributed by atoms with Crippen LogP contribution in [0.15, 0.2) is 59.6 Å². The van der Waals surface area contributed by atoms with Crippen LogP contribution >= 0.6 is 11.8 Å². The number of carbonyl (C=O) groups excluding carboxylic acids is 1. The van der Waals surface area contributed by atoms with Gasteiger partial charge in [0.2, 0.25) is 0 Å². The van der Waals surface area contributed by atoms with E-state index in [1.54, 1.807) is 11.8 Å². The molecule has 0 saturated carbocycles. The smallest absolute Gasteiger partial charge is 0.338 e. The lowest BCUT2D eigenvalue weighted by Crippen LogP contribution is -2.04. The van der Waals surface area contributed by atoms with Crippen LogP contribution in [0.1, 0.15) is 28.4 Å². The lowest BCUT2D eigenvalue weighted by atomic mass is 10.1. The fourth-order valence-corrected chi connectivity index (χ4v) is 3.43. The van der Waals surface area contributed by atoms with Crippen molar-refractivity contribution in [2.45, 2.75) is 24.6 Å². The van der Waals surface area contributed by atoms with Crippen molar-refractivity contribution in [1.29, 1.82) is 0 Å². The lowest BCUT2D eigenvalue weighted by molar-refractivity contribution is 0.0526. The minimum atomic E-state index is -0.275. The molecule has 3 rings (SSSR count). The maximum absolute atomic E-state index is 11.7. The molecule has 3 aromatic rings. The Labute approximate surface area is 146 Å². The fraction of sp³-hybridized carbons (Fsp3) is 0.200. The zero-order valence-corrected chi connectivity index (χ0v) is 14.6. The monoisotopic (exact) mass is 337 g/mol. The Morgan fingerprint density at radius 2 is 1.88 bits per heavy atom. The molecular formula is C20H19NO2S. The molecule has 3 nitrogen and oxygen atoms in total. The van der Waals surface area contributed by atoms with E-state index in [-0.39, 0.29) is 5.97 Å². The first-order valence-electron chi connectivity index (χ1n) is 7.92. The van der Waals surface area contributed by atoms with Crippen LogP contribution in [0.25, 0.3) is 10.9 Å². The van der Waals surface area contributed by atoms with Crippen molar-refractivity contribution in [3.63, 3.8) is 0 Å². The molecule has 0 aliphatic rings. The highest BCUT2D eigenvalue weighted by atomic mass is 32.2. The second-order valence-electron chi connectivity index (χ2n) is 5.50. The number of ether oxygens (including phenoxy) is 1. The number of esters is 1. The molecule has 122 valence electrons. The van der Waals surface area contributed by atoms with Gasteiger partial charge in [0.15, 0.2) is 0 Å². The number of thioether (sulfide) groups is 1. The van der Waals surface area contributed by atoms with Crippen molar-refractivity contribution in [2.75, 3.05) is 6.61 Å². The molecule has 0 unspecified atom stereocenters. The van der Waals surface area contributed by atoms with Crippen LogP contribution in [0.5, 0.6) is 0 Å². The molecular weight excluding hydrogens is 318 g/mol. The van der Waals surface area contributed by atoms with Crippen molar-refractivity contribution in [2.24, 2.45) is 0 Å². The number of fused-ring (bicyclic) bond motifs is 1. The molecule has 0 fully saturated rings. The van der Waals surface area contributed by atoms with Gasteiger partial charge in [-0.05, 0) is 49.2 Å². The Kier molecular flexibility index (Phi) is 5.16. The highest BCUT2D eigenvalue weighted by Gasteiger charge is 2.07. The standard InChI is InChI=1S/C20H19NO2S/c1-3-23-20(22)16-10-8-15(9-11-16)13-24-19-12-14(2)17-6-4-5-7-18(17)21-19/h4-12H,3,13H2,1-2H3. The first-order valence-corrected chi connectivity index (χ1v) is 8.91. The number of benzene rings is 2. The highest BCUT2D eigenvalue weighted by Crippen LogP contribution is 2.26. The third-order valence-corrected chi connectivity index (χ3v) is 4.73. The highest BCUT2D eigenvalue weighted by molar-refractivity contribution is 7.98. The number of rotatable bonds is 5. The van der Waals surface area contributed by atoms with Gasteiger partial charge in [-0.3, -0.25) is 0 Å². The van der Waals surface area contributed by atoms with E-state index in [4.69, 9.17) is 9.72 Å². The summed E-state index contributed by atoms with van der Waals surface area (Å²) in [6, 6.07) is 17.9. The molecule has 0 amide bonds. The second kappa shape index (κ2) is 7.49. The predicted molar refractivity (Wildman–Crippen MR) is 98.4 cm³/mol. The van der Waals surface area contributed by atoms with Crippen LogP contribution in [0.3, 0.4) is 0 Å². The van der Waals surface area contributed by atoms with Crippen molar-refractivity contribution in [3.8, 4) is 0 Å². The number of aryl methyl sites for hydroxylation is 1. The summed E-state index contributed by atoms with van der Waals surface area (Å²) < 4.78 is 5.00. The molecule has 0 saturated heterocycles. The van der Waals surface area contributed by atoms with Crippen molar-refractivity contribution >= 4 is 28.6 Å². The Hall–Kier alpha value is -2.33. The van der Waals surface area contributed by atoms with E-state index in [9.17, 15) is 4.79 Å². The van der Waals surface area contributed by atoms with Crippen LogP contribution in [0, 0.1) is 6.92 Å². The molecule has 0 bridgehead atoms. The third-order valence-electron chi connectivity index (χ3n) is 3.75. The van der Waals surface area contributed by atoms with Gasteiger partial charge in [-0.2, -0.15) is 0 Å². The minimum absolute atomic E-state index is 0.275. The molecule has 1 aromatic heterocycles. The van der Waals surface area contributed by atoms with E-state index in [1.807, 2.05) is 49.4 Å². The van der Waals surface area contributed by atoms with Crippen LogP contribution < -0.4 is 0 Å². The molecule has 1 heterocycles. The molecule has 0 aliphatic carbocycles. The second-order valence-corrected chi connectivity index (χ2v) is 6.50. The molecule has 0 aliphatic heterocycles. The van der Waals surface area contributed by atoms with Gasteiger partial charge in [-0.15, -0.1) is 11.8 Å². The normalized spacial score (nSPS) is 10.8. The van der Waals surface area contributed by atoms with Gasteiger partial charge in [0.05, 0.1) is 22.7 Å². The number of nitrogens with zero attached hydrogens (tertiary/aromatic N) is 1. The first kappa shape index (κ1) is 16.5. The summed E-state index contributed by atoms with van der Waals surface area (Å²) in [5.41, 5.74) is 4.00. The topological polar surface area (TPSA) is 39.2 Å². The quantitative estimate of drug-likeness (QED) is 0.484. The van der Waals surface area contributed by atoms with Crippen molar-refractivity contribution in [3.05, 3.63) is 71.3 Å². The zero-order valence-electron chi connectivity index (χ0n) is 13.8. The molecule has 2 aromatic carbocycles. The van der Waals surface area contributed by atoms with Crippen molar-refractivity contribution in [1.82, 2.24) is 4.98 Å². The molecule has 0 N–H and O–H groups in total. The van der Waals surface area contributed by atoms with Gasteiger partial charge in [-0.25, -0.2) is 9.78 Å². The summed E-state index contributed by atoms with van der Waals surface area (Å²) >= 11 is 1.70. The number of para-hydroxylation sites is 1. The molecule has 4 heteroatoms. The maximum Gasteiger partial charge on any atom is 0.338 e. The minimum Gasteiger partial charge on any atom is -0.462 e. The van der Waals surface area contributed by atoms with E-state index in [1.165, 1.54) is 10.9 Å². The lowest BCUT2D eigenvalue weighted by Gasteiger charge is -2.07. The van der Waals surface area contributed by atoms with E-state index < -0.39 is 0 Å². The van der Waals surface area contributed by atoms with Crippen LogP contribution in [0.2, 0.25) is 0 Å². The van der Waals surface area contributed by atoms with Crippen LogP contribution in [0.4, 0.5) is 0 Å². The summed E-state index contributed by atoms with van der Waals surface area (Å²) in [5, 5.41) is 2.21. The first-order chi connectivity index (χ1) is 11.7. The summed E-state index contributed by atoms with van der Waals surface area (Å²) in [7, 11) is 0. The van der Waals surface area contributed by atoms with E-state index in [0.717, 1.165) is 21.9 Å². The number of carbonyl (C=O) groups is 1. The average Bonchev–Trinajstić information content (AvgIpc) is 2.61. The van der Waals surface area contributed by atoms with Gasteiger partial charge in [0.1, 0.15) is 0 Å². The molecule has 0 radical (unpaired) electrons. The SMILES string of the molecule is CCOC(=O)c1ccc(CSc2cc(C)c3ccccc3n2)cc1. The van der Waals surface area contributed by atoms with E-state index in [0.29, 0.717) is 12.2 Å². The number of aromatic nitrogens is 1. The van der Waals surface area contributed by atoms with E-state index >= 15 is 0 Å². The van der Waals surface area contributed by atoms with Crippen LogP contribution in [-0.2, 0) is 10.5 Å². The average molecular weight is 337 g/mol. The van der Waals surface area contributed by atoms with Crippen LogP contribution in [-0.4, -0.2) is 17.6 Å². The van der Waals surface area contributed by atoms with Crippen molar-refractivity contribution < 1.29 is 9.53 Å². The van der Waals surface area contributed by atoms with Gasteiger partial charge in [0, 0.05) is 11.1 Å². The Bertz CT molecular complexity index is 859.